The van der Waals surface area contributed by atoms with E-state index in [2.05, 4.69) is 0 Å². The van der Waals surface area contributed by atoms with E-state index in [1.165, 1.54) is 0 Å². The van der Waals surface area contributed by atoms with Crippen molar-refractivity contribution in [2.45, 2.75) is 12.5 Å². The van der Waals surface area contributed by atoms with Crippen LogP contribution in [0.4, 0.5) is 0 Å². The van der Waals surface area contributed by atoms with Gasteiger partial charge in [0, 0.05) is 12.0 Å². The lowest BCUT2D eigenvalue weighted by Gasteiger charge is -2.10. The van der Waals surface area contributed by atoms with Crippen LogP contribution in [0.3, 0.4) is 0 Å². The average molecular weight is 282 g/mol. The molecule has 21 heavy (non-hydrogen) atoms. The van der Waals surface area contributed by atoms with Gasteiger partial charge < -0.3 is 9.47 Å². The first-order valence-corrected chi connectivity index (χ1v) is 6.73. The average Bonchev–Trinajstić information content (AvgIpc) is 2.97. The number of esters is 1. The van der Waals surface area contributed by atoms with Gasteiger partial charge in [0.25, 0.3) is 0 Å². The molecule has 1 heterocycles. The predicted molar refractivity (Wildman–Crippen MR) is 76.3 cm³/mol. The zero-order valence-electron chi connectivity index (χ0n) is 11.3. The lowest BCUT2D eigenvalue weighted by molar-refractivity contribution is -0.149. The molecule has 2 aromatic carbocycles. The summed E-state index contributed by atoms with van der Waals surface area (Å²) in [6.07, 6.45) is -0.180. The Morgan fingerprint density at radius 2 is 1.76 bits per heavy atom. The van der Waals surface area contributed by atoms with E-state index in [0.29, 0.717) is 17.7 Å². The molecule has 4 nitrogen and oxygen atoms in total. The number of Topliss-reactive ketones (excluding diaryl/α,β-unsaturated/α-hetero) is 1. The molecule has 0 bridgehead atoms. The Hall–Kier alpha value is -2.62. The third kappa shape index (κ3) is 2.94. The topological polar surface area (TPSA) is 52.6 Å². The van der Waals surface area contributed by atoms with Gasteiger partial charge in [-0.05, 0) is 11.6 Å². The second kappa shape index (κ2) is 5.79. The Kier molecular flexibility index (Phi) is 3.69. The van der Waals surface area contributed by atoms with Crippen molar-refractivity contribution in [3.8, 4) is 5.75 Å². The molecule has 3 rings (SSSR count). The molecule has 1 aliphatic heterocycles. The number of hydrogen-bond donors (Lipinski definition) is 0. The maximum Gasteiger partial charge on any atom is 0.348 e. The number of carbonyl (C=O) groups is 2. The molecular formula is C17H14O4. The Morgan fingerprint density at radius 1 is 1.05 bits per heavy atom. The van der Waals surface area contributed by atoms with E-state index in [4.69, 9.17) is 9.47 Å². The number of fused-ring (bicyclic) bond motifs is 1. The molecule has 2 aromatic rings. The lowest BCUT2D eigenvalue weighted by atomic mass is 10.1. The van der Waals surface area contributed by atoms with E-state index >= 15 is 0 Å². The van der Waals surface area contributed by atoms with Crippen LogP contribution in [-0.4, -0.2) is 24.5 Å². The first-order valence-electron chi connectivity index (χ1n) is 6.73. The lowest BCUT2D eigenvalue weighted by Crippen LogP contribution is -2.29. The fraction of sp³-hybridized carbons (Fsp3) is 0.176. The van der Waals surface area contributed by atoms with Crippen LogP contribution in [0.15, 0.2) is 54.6 Å². The normalized spacial score (nSPS) is 15.9. The molecular weight excluding hydrogens is 268 g/mol. The molecule has 106 valence electrons. The Labute approximate surface area is 122 Å². The molecule has 4 heteroatoms. The number of hydrogen-bond acceptors (Lipinski definition) is 4. The van der Waals surface area contributed by atoms with E-state index in [-0.39, 0.29) is 12.4 Å². The van der Waals surface area contributed by atoms with Crippen LogP contribution in [0, 0.1) is 0 Å². The van der Waals surface area contributed by atoms with Gasteiger partial charge in [0.05, 0.1) is 0 Å². The van der Waals surface area contributed by atoms with Crippen molar-refractivity contribution in [2.24, 2.45) is 0 Å². The number of ketones is 1. The van der Waals surface area contributed by atoms with E-state index in [9.17, 15) is 9.59 Å². The highest BCUT2D eigenvalue weighted by Gasteiger charge is 2.30. The standard InChI is InChI=1S/C17H14O4/c18-14(12-6-2-1-3-7-12)11-20-17(19)16-10-13-8-4-5-9-15(13)21-16/h1-9,16H,10-11H2/t16-/m1/s1. The molecule has 1 aliphatic rings. The number of benzene rings is 2. The molecule has 0 radical (unpaired) electrons. The van der Waals surface area contributed by atoms with Crippen molar-refractivity contribution in [3.05, 3.63) is 65.7 Å². The van der Waals surface area contributed by atoms with Gasteiger partial charge in [-0.1, -0.05) is 48.5 Å². The van der Waals surface area contributed by atoms with Crippen molar-refractivity contribution in [2.75, 3.05) is 6.61 Å². The summed E-state index contributed by atoms with van der Waals surface area (Å²) in [6.45, 7) is -0.265. The molecule has 1 atom stereocenters. The third-order valence-corrected chi connectivity index (χ3v) is 3.35. The summed E-state index contributed by atoms with van der Waals surface area (Å²) in [5, 5.41) is 0. The summed E-state index contributed by atoms with van der Waals surface area (Å²) in [6, 6.07) is 16.2. The van der Waals surface area contributed by atoms with Gasteiger partial charge >= 0.3 is 5.97 Å². The minimum absolute atomic E-state index is 0.223. The highest BCUT2D eigenvalue weighted by Crippen LogP contribution is 2.28. The molecule has 0 spiro atoms. The van der Waals surface area contributed by atoms with Gasteiger partial charge in [-0.15, -0.1) is 0 Å². The fourth-order valence-corrected chi connectivity index (χ4v) is 2.25. The van der Waals surface area contributed by atoms with Crippen molar-refractivity contribution in [1.82, 2.24) is 0 Å². The Bertz CT molecular complexity index is 639. The predicted octanol–water partition coefficient (Wildman–Crippen LogP) is 2.42. The van der Waals surface area contributed by atoms with Gasteiger partial charge in [-0.25, -0.2) is 4.79 Å². The summed E-state index contributed by atoms with van der Waals surface area (Å²) in [4.78, 5) is 23.8. The Balaban J connectivity index is 1.55. The van der Waals surface area contributed by atoms with Gasteiger partial charge in [-0.2, -0.15) is 0 Å². The van der Waals surface area contributed by atoms with Crippen LogP contribution in [0.5, 0.6) is 5.75 Å². The minimum atomic E-state index is -0.661. The van der Waals surface area contributed by atoms with Crippen molar-refractivity contribution in [1.29, 1.82) is 0 Å². The molecule has 0 saturated carbocycles. The first-order chi connectivity index (χ1) is 10.2. The van der Waals surface area contributed by atoms with Crippen LogP contribution in [0.1, 0.15) is 15.9 Å². The van der Waals surface area contributed by atoms with Gasteiger partial charge in [0.2, 0.25) is 0 Å². The fourth-order valence-electron chi connectivity index (χ4n) is 2.25. The maximum absolute atomic E-state index is 12.0. The quantitative estimate of drug-likeness (QED) is 0.638. The summed E-state index contributed by atoms with van der Waals surface area (Å²) in [5.74, 6) is -0.0243. The molecule has 0 aliphatic carbocycles. The molecule has 0 unspecified atom stereocenters. The first kappa shape index (κ1) is 13.4. The summed E-state index contributed by atoms with van der Waals surface area (Å²) in [7, 11) is 0. The molecule has 0 N–H and O–H groups in total. The van der Waals surface area contributed by atoms with E-state index in [1.54, 1.807) is 24.3 Å². The van der Waals surface area contributed by atoms with Crippen LogP contribution in [-0.2, 0) is 16.0 Å². The number of rotatable bonds is 4. The Morgan fingerprint density at radius 3 is 2.52 bits per heavy atom. The maximum atomic E-state index is 12.0. The van der Waals surface area contributed by atoms with Gasteiger partial charge in [0.1, 0.15) is 5.75 Å². The molecule has 0 saturated heterocycles. The van der Waals surface area contributed by atoms with Gasteiger partial charge in [0.15, 0.2) is 18.5 Å². The van der Waals surface area contributed by atoms with Crippen LogP contribution < -0.4 is 4.74 Å². The summed E-state index contributed by atoms with van der Waals surface area (Å²) >= 11 is 0. The SMILES string of the molecule is O=C(COC(=O)[C@H]1Cc2ccccc2O1)c1ccccc1. The van der Waals surface area contributed by atoms with E-state index < -0.39 is 12.1 Å². The smallest absolute Gasteiger partial charge is 0.348 e. The van der Waals surface area contributed by atoms with Crippen LogP contribution in [0.2, 0.25) is 0 Å². The third-order valence-electron chi connectivity index (χ3n) is 3.35. The zero-order valence-corrected chi connectivity index (χ0v) is 11.3. The highest BCUT2D eigenvalue weighted by molar-refractivity contribution is 5.98. The number of ether oxygens (including phenoxy) is 2. The van der Waals surface area contributed by atoms with Crippen molar-refractivity contribution in [3.63, 3.8) is 0 Å². The molecule has 0 amide bonds. The largest absolute Gasteiger partial charge is 0.478 e. The number of carbonyl (C=O) groups excluding carboxylic acids is 2. The molecule has 0 aromatic heterocycles. The van der Waals surface area contributed by atoms with Crippen LogP contribution in [0.25, 0.3) is 0 Å². The van der Waals surface area contributed by atoms with Crippen molar-refractivity contribution < 1.29 is 19.1 Å². The monoisotopic (exact) mass is 282 g/mol. The van der Waals surface area contributed by atoms with E-state index in [1.807, 2.05) is 30.3 Å². The highest BCUT2D eigenvalue weighted by atomic mass is 16.6. The van der Waals surface area contributed by atoms with Crippen molar-refractivity contribution >= 4 is 11.8 Å². The minimum Gasteiger partial charge on any atom is -0.478 e. The second-order valence-corrected chi connectivity index (χ2v) is 4.82. The van der Waals surface area contributed by atoms with Crippen LogP contribution >= 0.6 is 0 Å². The number of para-hydroxylation sites is 1. The molecule has 0 fully saturated rings. The van der Waals surface area contributed by atoms with E-state index in [0.717, 1.165) is 5.56 Å². The van der Waals surface area contributed by atoms with Gasteiger partial charge in [-0.3, -0.25) is 4.79 Å². The second-order valence-electron chi connectivity index (χ2n) is 4.82. The summed E-state index contributed by atoms with van der Waals surface area (Å²) in [5.41, 5.74) is 1.51. The zero-order chi connectivity index (χ0) is 14.7. The summed E-state index contributed by atoms with van der Waals surface area (Å²) < 4.78 is 10.6.